The molecule has 35 heavy (non-hydrogen) atoms. The number of nitrogens with one attached hydrogen (secondary N) is 1. The Labute approximate surface area is 201 Å². The van der Waals surface area contributed by atoms with E-state index in [4.69, 9.17) is 5.73 Å². The van der Waals surface area contributed by atoms with E-state index in [1.807, 2.05) is 26.0 Å². The molecule has 0 aliphatic carbocycles. The van der Waals surface area contributed by atoms with Gasteiger partial charge in [0.2, 0.25) is 5.91 Å². The number of nitrogen functional groups attached to an aromatic ring is 1. The van der Waals surface area contributed by atoms with E-state index in [0.717, 1.165) is 16.6 Å². The maximum Gasteiger partial charge on any atom is 0.244 e. The molecular weight excluding hydrogens is 449 g/mol. The first kappa shape index (κ1) is 22.7. The molecule has 1 atom stereocenters. The highest BCUT2D eigenvalue weighted by atomic mass is 19.1. The molecule has 4 N–H and O–H groups in total. The molecule has 0 saturated carbocycles. The van der Waals surface area contributed by atoms with Crippen molar-refractivity contribution in [2.24, 2.45) is 0 Å². The number of fused-ring (bicyclic) bond motifs is 2. The van der Waals surface area contributed by atoms with Gasteiger partial charge < -0.3 is 21.1 Å². The number of carbonyl (C=O) groups is 1. The van der Waals surface area contributed by atoms with E-state index in [9.17, 15) is 14.3 Å². The van der Waals surface area contributed by atoms with Crippen LogP contribution in [0.3, 0.4) is 0 Å². The van der Waals surface area contributed by atoms with Gasteiger partial charge in [0.15, 0.2) is 5.82 Å². The molecule has 3 aromatic heterocycles. The van der Waals surface area contributed by atoms with Gasteiger partial charge in [0, 0.05) is 53.6 Å². The standard InChI is InChI=1S/C25H26FN7O2/c1-14(13-34)32-4-3-18-8-24(31-33(18)12-25(32)35)30-23-7-16-5-19(21(26)6-17(16)9-29-23)20-10-28-11-22(27)15(20)2/h5-11,14,34H,3-4,12-13,27H2,1-2H3,(H,29,30,31). The topological polar surface area (TPSA) is 122 Å². The molecule has 9 nitrogen and oxygen atoms in total. The van der Waals surface area contributed by atoms with Crippen LogP contribution in [0.2, 0.25) is 0 Å². The van der Waals surface area contributed by atoms with Crippen LogP contribution in [0.5, 0.6) is 0 Å². The summed E-state index contributed by atoms with van der Waals surface area (Å²) >= 11 is 0. The summed E-state index contributed by atoms with van der Waals surface area (Å²) in [5.41, 5.74) is 9.23. The predicted octanol–water partition coefficient (Wildman–Crippen LogP) is 3.03. The number of nitrogens with two attached hydrogens (primary N) is 1. The number of hydrogen-bond acceptors (Lipinski definition) is 7. The average molecular weight is 476 g/mol. The zero-order valence-corrected chi connectivity index (χ0v) is 19.5. The molecule has 0 fully saturated rings. The van der Waals surface area contributed by atoms with E-state index >= 15 is 0 Å². The van der Waals surface area contributed by atoms with Crippen LogP contribution in [0.1, 0.15) is 18.2 Å². The molecule has 0 spiro atoms. The number of amides is 1. The molecule has 0 bridgehead atoms. The van der Waals surface area contributed by atoms with Crippen molar-refractivity contribution in [3.05, 3.63) is 59.9 Å². The van der Waals surface area contributed by atoms with E-state index in [2.05, 4.69) is 20.4 Å². The van der Waals surface area contributed by atoms with Crippen LogP contribution < -0.4 is 11.1 Å². The first-order valence-corrected chi connectivity index (χ1v) is 11.4. The Hall–Kier alpha value is -4.05. The molecule has 1 aliphatic rings. The fourth-order valence-corrected chi connectivity index (χ4v) is 4.38. The lowest BCUT2D eigenvalue weighted by Crippen LogP contribution is -2.42. The van der Waals surface area contributed by atoms with E-state index in [1.165, 1.54) is 6.07 Å². The number of aliphatic hydroxyl groups is 1. The van der Waals surface area contributed by atoms with Crippen LogP contribution >= 0.6 is 0 Å². The number of halogens is 1. The summed E-state index contributed by atoms with van der Waals surface area (Å²) in [6.07, 6.45) is 5.40. The Morgan fingerprint density at radius 2 is 1.97 bits per heavy atom. The summed E-state index contributed by atoms with van der Waals surface area (Å²) in [5.74, 6) is 0.668. The Kier molecular flexibility index (Phi) is 5.81. The monoisotopic (exact) mass is 475 g/mol. The molecule has 0 radical (unpaired) electrons. The van der Waals surface area contributed by atoms with Crippen molar-refractivity contribution >= 4 is 34.0 Å². The zero-order valence-electron chi connectivity index (χ0n) is 19.5. The highest BCUT2D eigenvalue weighted by Gasteiger charge is 2.25. The zero-order chi connectivity index (χ0) is 24.7. The van der Waals surface area contributed by atoms with Gasteiger partial charge in [0.25, 0.3) is 0 Å². The lowest BCUT2D eigenvalue weighted by molar-refractivity contribution is -0.134. The van der Waals surface area contributed by atoms with Crippen LogP contribution in [0, 0.1) is 12.7 Å². The summed E-state index contributed by atoms with van der Waals surface area (Å²) in [4.78, 5) is 22.8. The summed E-state index contributed by atoms with van der Waals surface area (Å²) in [5, 5.41) is 18.6. The lowest BCUT2D eigenvalue weighted by Gasteiger charge is -2.25. The number of aromatic nitrogens is 4. The molecule has 1 amide bonds. The fraction of sp³-hybridized carbons (Fsp3) is 0.280. The third-order valence-electron chi connectivity index (χ3n) is 6.48. The Morgan fingerprint density at radius 3 is 2.77 bits per heavy atom. The van der Waals surface area contributed by atoms with E-state index < -0.39 is 0 Å². The summed E-state index contributed by atoms with van der Waals surface area (Å²) in [6.45, 7) is 4.22. The predicted molar refractivity (Wildman–Crippen MR) is 132 cm³/mol. The average Bonchev–Trinajstić information content (AvgIpc) is 3.13. The molecule has 5 rings (SSSR count). The third-order valence-corrected chi connectivity index (χ3v) is 6.48. The second kappa shape index (κ2) is 8.95. The van der Waals surface area contributed by atoms with Crippen molar-refractivity contribution in [2.45, 2.75) is 32.9 Å². The van der Waals surface area contributed by atoms with Crippen molar-refractivity contribution in [3.8, 4) is 11.1 Å². The van der Waals surface area contributed by atoms with Crippen LogP contribution in [0.25, 0.3) is 21.9 Å². The second-order valence-electron chi connectivity index (χ2n) is 8.82. The van der Waals surface area contributed by atoms with Gasteiger partial charge in [-0.3, -0.25) is 14.5 Å². The first-order valence-electron chi connectivity index (χ1n) is 11.4. The molecular formula is C25H26FN7O2. The van der Waals surface area contributed by atoms with E-state index in [-0.39, 0.29) is 30.9 Å². The van der Waals surface area contributed by atoms with Crippen LogP contribution in [-0.2, 0) is 17.8 Å². The minimum atomic E-state index is -0.373. The fourth-order valence-electron chi connectivity index (χ4n) is 4.38. The number of carbonyl (C=O) groups excluding carboxylic acids is 1. The van der Waals surface area contributed by atoms with Crippen molar-refractivity contribution < 1.29 is 14.3 Å². The number of aliphatic hydroxyl groups excluding tert-OH is 1. The molecule has 1 unspecified atom stereocenters. The van der Waals surface area contributed by atoms with Crippen LogP contribution in [-0.4, -0.2) is 54.9 Å². The lowest BCUT2D eigenvalue weighted by atomic mass is 9.99. The summed E-state index contributed by atoms with van der Waals surface area (Å²) in [6, 6.07) is 6.71. The SMILES string of the molecule is Cc1c(N)cncc1-c1cc2cc(Nc3cc4n(n3)CC(=O)N(C(C)CO)CC4)ncc2cc1F. The first-order chi connectivity index (χ1) is 16.8. The summed E-state index contributed by atoms with van der Waals surface area (Å²) in [7, 11) is 0. The largest absolute Gasteiger partial charge is 0.397 e. The smallest absolute Gasteiger partial charge is 0.244 e. The van der Waals surface area contributed by atoms with Crippen LogP contribution in [0.4, 0.5) is 21.7 Å². The third kappa shape index (κ3) is 4.28. The molecule has 180 valence electrons. The van der Waals surface area contributed by atoms with Crippen molar-refractivity contribution in [3.63, 3.8) is 0 Å². The summed E-state index contributed by atoms with van der Waals surface area (Å²) < 4.78 is 16.6. The molecule has 10 heteroatoms. The number of hydrogen-bond donors (Lipinski definition) is 3. The second-order valence-corrected chi connectivity index (χ2v) is 8.82. The molecule has 4 heterocycles. The number of pyridine rings is 2. The maximum atomic E-state index is 14.9. The maximum absolute atomic E-state index is 14.9. The van der Waals surface area contributed by atoms with Gasteiger partial charge in [-0.15, -0.1) is 0 Å². The van der Waals surface area contributed by atoms with E-state index in [0.29, 0.717) is 46.8 Å². The Bertz CT molecular complexity index is 1440. The highest BCUT2D eigenvalue weighted by molar-refractivity contribution is 5.90. The number of rotatable bonds is 5. The van der Waals surface area contributed by atoms with Crippen LogP contribution in [0.15, 0.2) is 42.9 Å². The van der Waals surface area contributed by atoms with Gasteiger partial charge in [-0.2, -0.15) is 5.10 Å². The Balaban J connectivity index is 1.42. The number of benzene rings is 1. The van der Waals surface area contributed by atoms with Crippen molar-refractivity contribution in [1.82, 2.24) is 24.6 Å². The van der Waals surface area contributed by atoms with Gasteiger partial charge in [0.05, 0.1) is 24.5 Å². The van der Waals surface area contributed by atoms with Crippen molar-refractivity contribution in [1.29, 1.82) is 0 Å². The van der Waals surface area contributed by atoms with Gasteiger partial charge in [-0.05, 0) is 43.0 Å². The van der Waals surface area contributed by atoms with Gasteiger partial charge in [0.1, 0.15) is 18.2 Å². The minimum absolute atomic E-state index is 0.0755. The minimum Gasteiger partial charge on any atom is -0.397 e. The van der Waals surface area contributed by atoms with Gasteiger partial charge in [-0.1, -0.05) is 0 Å². The quantitative estimate of drug-likeness (QED) is 0.406. The number of anilines is 3. The molecule has 1 aromatic carbocycles. The van der Waals surface area contributed by atoms with Gasteiger partial charge in [-0.25, -0.2) is 9.37 Å². The van der Waals surface area contributed by atoms with E-state index in [1.54, 1.807) is 34.2 Å². The molecule has 4 aromatic rings. The highest BCUT2D eigenvalue weighted by Crippen LogP contribution is 2.32. The van der Waals surface area contributed by atoms with Crippen molar-refractivity contribution in [2.75, 3.05) is 24.2 Å². The molecule has 1 aliphatic heterocycles. The number of nitrogens with zero attached hydrogens (tertiary/aromatic N) is 5. The normalized spacial score (nSPS) is 14.6. The Morgan fingerprint density at radius 1 is 1.14 bits per heavy atom. The molecule has 0 saturated heterocycles. The van der Waals surface area contributed by atoms with Gasteiger partial charge >= 0.3 is 0 Å².